The molecule has 3 aromatic rings. The van der Waals surface area contributed by atoms with Gasteiger partial charge in [0.1, 0.15) is 20.4 Å². The first kappa shape index (κ1) is 43.7. The number of carboxylic acid groups (broad SMARTS) is 1. The minimum Gasteiger partial charge on any atom is -0.480 e. The molecular weight excluding hydrogens is 787 g/mol. The van der Waals surface area contributed by atoms with Crippen LogP contribution in [0.15, 0.2) is 52.2 Å². The maximum absolute atomic E-state index is 13.8. The van der Waals surface area contributed by atoms with Crippen molar-refractivity contribution in [1.82, 2.24) is 9.47 Å². The monoisotopic (exact) mass is 847 g/mol. The first-order chi connectivity index (χ1) is 27.8. The second-order valence-electron chi connectivity index (χ2n) is 15.9. The summed E-state index contributed by atoms with van der Waals surface area (Å²) >= 11 is 9.96. The zero-order chi connectivity index (χ0) is 40.1. The zero-order valence-electron chi connectivity index (χ0n) is 34.0. The topological polar surface area (TPSA) is 82.8 Å². The lowest BCUT2D eigenvalue weighted by molar-refractivity contribution is -0.137. The summed E-state index contributed by atoms with van der Waals surface area (Å²) in [5.41, 5.74) is 4.27. The van der Waals surface area contributed by atoms with Crippen molar-refractivity contribution in [2.45, 2.75) is 159 Å². The van der Waals surface area contributed by atoms with Crippen molar-refractivity contribution in [1.29, 1.82) is 0 Å². The number of carboxylic acids is 1. The van der Waals surface area contributed by atoms with E-state index in [0.29, 0.717) is 36.9 Å². The number of anilines is 2. The summed E-state index contributed by atoms with van der Waals surface area (Å²) < 4.78 is 2.48. The van der Waals surface area contributed by atoms with Crippen LogP contribution in [0.2, 0.25) is 0 Å². The van der Waals surface area contributed by atoms with Crippen LogP contribution < -0.4 is 19.7 Å². The Hall–Kier alpha value is -2.86. The summed E-state index contributed by atoms with van der Waals surface area (Å²) in [5, 5.41) is 9.78. The summed E-state index contributed by atoms with van der Waals surface area (Å²) in [4.78, 5) is 45.3. The molecule has 2 aliphatic heterocycles. The molecule has 57 heavy (non-hydrogen) atoms. The van der Waals surface area contributed by atoms with Gasteiger partial charge < -0.3 is 10.0 Å². The van der Waals surface area contributed by atoms with Gasteiger partial charge in [0.2, 0.25) is 0 Å². The van der Waals surface area contributed by atoms with Crippen LogP contribution in [0.5, 0.6) is 0 Å². The lowest BCUT2D eigenvalue weighted by Gasteiger charge is -2.27. The lowest BCUT2D eigenvalue weighted by Crippen LogP contribution is -2.35. The van der Waals surface area contributed by atoms with Crippen LogP contribution in [0.3, 0.4) is 0 Å². The van der Waals surface area contributed by atoms with E-state index < -0.39 is 18.1 Å². The molecule has 3 heterocycles. The van der Waals surface area contributed by atoms with Crippen LogP contribution >= 0.6 is 47.1 Å². The number of thiocarbonyl (C=S) groups is 1. The number of carbonyl (C=O) groups excluding carboxylic acids is 1. The molecule has 1 aliphatic carbocycles. The molecule has 7 nitrogen and oxygen atoms in total. The van der Waals surface area contributed by atoms with Gasteiger partial charge in [0.05, 0.1) is 4.53 Å². The van der Waals surface area contributed by atoms with Gasteiger partial charge in [0.25, 0.3) is 11.5 Å². The fraction of sp³-hybridized carbons (Fsp3) is 0.565. The highest BCUT2D eigenvalue weighted by molar-refractivity contribution is 8.30. The van der Waals surface area contributed by atoms with Crippen LogP contribution in [0, 0.1) is 0 Å². The predicted octanol–water partition coefficient (Wildman–Crippen LogP) is 11.0. The SMILES string of the molecule is CCCCCCCCCCSc1ccc(N2c3ccc(/C=c4\s/c(=C5/SC(=S)N(CCCCCCCCCC)C5=O)n(CC(=O)O)c4=O)cc3C3CCCC32)cc1. The third-order valence-electron chi connectivity index (χ3n) is 11.7. The van der Waals surface area contributed by atoms with E-state index in [1.165, 1.54) is 139 Å². The molecule has 1 amide bonds. The highest BCUT2D eigenvalue weighted by Gasteiger charge is 2.42. The second kappa shape index (κ2) is 21.9. The molecule has 1 saturated carbocycles. The summed E-state index contributed by atoms with van der Waals surface area (Å²) in [6, 6.07) is 16.0. The van der Waals surface area contributed by atoms with E-state index in [2.05, 4.69) is 61.2 Å². The number of rotatable bonds is 23. The molecule has 1 saturated heterocycles. The number of aliphatic carboxylic acids is 1. The lowest BCUT2D eigenvalue weighted by atomic mass is 9.96. The van der Waals surface area contributed by atoms with E-state index in [9.17, 15) is 19.5 Å². The number of thioether (sulfide) groups is 2. The van der Waals surface area contributed by atoms with Crippen molar-refractivity contribution >= 4 is 85.6 Å². The second-order valence-corrected chi connectivity index (χ2v) is 19.8. The quantitative estimate of drug-likeness (QED) is 0.0574. The van der Waals surface area contributed by atoms with E-state index in [0.717, 1.165) is 43.4 Å². The Morgan fingerprint density at radius 1 is 0.860 bits per heavy atom. The van der Waals surface area contributed by atoms with Crippen molar-refractivity contribution in [3.8, 4) is 0 Å². The van der Waals surface area contributed by atoms with Crippen LogP contribution in [0.4, 0.5) is 11.4 Å². The third kappa shape index (κ3) is 11.3. The van der Waals surface area contributed by atoms with E-state index in [4.69, 9.17) is 12.2 Å². The van der Waals surface area contributed by atoms with E-state index >= 15 is 0 Å². The van der Waals surface area contributed by atoms with E-state index in [1.807, 2.05) is 17.8 Å². The maximum atomic E-state index is 13.8. The molecule has 0 spiro atoms. The predicted molar refractivity (Wildman–Crippen MR) is 246 cm³/mol. The Morgan fingerprint density at radius 2 is 1.51 bits per heavy atom. The molecule has 2 fully saturated rings. The fourth-order valence-corrected chi connectivity index (χ4v) is 12.2. The van der Waals surface area contributed by atoms with Crippen LogP contribution in [0.25, 0.3) is 11.0 Å². The Labute approximate surface area is 357 Å². The van der Waals surface area contributed by atoms with Gasteiger partial charge in [-0.15, -0.1) is 23.1 Å². The number of thiazole rings is 1. The Balaban J connectivity index is 1.16. The van der Waals surface area contributed by atoms with Gasteiger partial charge in [-0.05, 0) is 85.0 Å². The molecule has 0 radical (unpaired) electrons. The maximum Gasteiger partial charge on any atom is 0.323 e. The minimum absolute atomic E-state index is 0.236. The Morgan fingerprint density at radius 3 is 2.18 bits per heavy atom. The molecule has 2 unspecified atom stereocenters. The molecule has 6 rings (SSSR count). The van der Waals surface area contributed by atoms with Crippen molar-refractivity contribution in [3.63, 3.8) is 0 Å². The third-order valence-corrected chi connectivity index (χ3v) is 15.5. The fourth-order valence-electron chi connectivity index (χ4n) is 8.67. The number of carbonyl (C=O) groups is 2. The summed E-state index contributed by atoms with van der Waals surface area (Å²) in [6.45, 7) is 4.51. The molecule has 11 heteroatoms. The van der Waals surface area contributed by atoms with Gasteiger partial charge in [-0.1, -0.05) is 140 Å². The van der Waals surface area contributed by atoms with E-state index in [1.54, 1.807) is 4.90 Å². The van der Waals surface area contributed by atoms with Gasteiger partial charge in [-0.25, -0.2) is 0 Å². The van der Waals surface area contributed by atoms with Gasteiger partial charge in [0.15, 0.2) is 0 Å². The number of nitrogens with zero attached hydrogens (tertiary/aromatic N) is 3. The molecule has 1 N–H and O–H groups in total. The first-order valence-corrected chi connectivity index (χ1v) is 24.7. The van der Waals surface area contributed by atoms with Crippen LogP contribution in [-0.2, 0) is 16.1 Å². The molecule has 3 aliphatic rings. The van der Waals surface area contributed by atoms with Crippen LogP contribution in [0.1, 0.15) is 153 Å². The average Bonchev–Trinajstić information content (AvgIpc) is 3.95. The molecule has 1 aromatic heterocycles. The van der Waals surface area contributed by atoms with Crippen molar-refractivity contribution in [3.05, 3.63) is 73.1 Å². The van der Waals surface area contributed by atoms with Crippen molar-refractivity contribution in [2.75, 3.05) is 17.2 Å². The highest BCUT2D eigenvalue weighted by atomic mass is 32.2. The molecule has 2 aromatic carbocycles. The molecule has 2 atom stereocenters. The number of unbranched alkanes of at least 4 members (excludes halogenated alkanes) is 14. The Kier molecular flexibility index (Phi) is 16.8. The summed E-state index contributed by atoms with van der Waals surface area (Å²) in [5.74, 6) is 0.220. The number of aromatic nitrogens is 1. The van der Waals surface area contributed by atoms with Crippen molar-refractivity contribution in [2.24, 2.45) is 0 Å². The molecular formula is C46H61N3O4S4. The minimum atomic E-state index is -1.13. The highest BCUT2D eigenvalue weighted by Crippen LogP contribution is 2.52. The Bertz CT molecular complexity index is 2020. The standard InChI is InChI=1S/C46H61N3O4S4/c1-3-5-7-9-11-13-15-17-28-47-44(53)42(57-46(47)54)45-48(32-41(50)51)43(52)40(56-45)31-33-22-27-39-37(30-33)36-20-19-21-38(36)49(39)34-23-25-35(26-24-34)55-29-18-16-14-12-10-8-6-4-2/h22-27,30-31,36,38H,3-21,28-29,32H2,1-2H3,(H,50,51)/b40-31-,45-42+. The molecule has 308 valence electrons. The number of hydrogen-bond donors (Lipinski definition) is 1. The van der Waals surface area contributed by atoms with E-state index in [-0.39, 0.29) is 5.91 Å². The van der Waals surface area contributed by atoms with Crippen molar-refractivity contribution < 1.29 is 14.7 Å². The number of hydrogen-bond acceptors (Lipinski definition) is 8. The average molecular weight is 848 g/mol. The largest absolute Gasteiger partial charge is 0.480 e. The summed E-state index contributed by atoms with van der Waals surface area (Å²) in [7, 11) is 0. The van der Waals surface area contributed by atoms with Gasteiger partial charge in [0, 0.05) is 34.8 Å². The van der Waals surface area contributed by atoms with Crippen LogP contribution in [-0.4, -0.2) is 49.1 Å². The summed E-state index contributed by atoms with van der Waals surface area (Å²) in [6.07, 6.45) is 25.3. The van der Waals surface area contributed by atoms with Gasteiger partial charge in [-0.2, -0.15) is 0 Å². The number of amides is 1. The number of fused-ring (bicyclic) bond motifs is 3. The van der Waals surface area contributed by atoms with Gasteiger partial charge >= 0.3 is 5.97 Å². The number of benzene rings is 2. The van der Waals surface area contributed by atoms with Gasteiger partial charge in [-0.3, -0.25) is 23.9 Å². The smallest absolute Gasteiger partial charge is 0.323 e. The normalized spacial score (nSPS) is 18.9. The zero-order valence-corrected chi connectivity index (χ0v) is 37.2. The first-order valence-electron chi connectivity index (χ1n) is 21.7. The molecule has 0 bridgehead atoms.